The zero-order valence-corrected chi connectivity index (χ0v) is 6.86. The van der Waals surface area contributed by atoms with Crippen molar-refractivity contribution in [3.63, 3.8) is 0 Å². The lowest BCUT2D eigenvalue weighted by Gasteiger charge is -2.32. The molecule has 2 nitrogen and oxygen atoms in total. The maximum absolute atomic E-state index is 7.66. The molecule has 1 fully saturated rings. The quantitative estimate of drug-likeness (QED) is 0.722. The average molecular weight is 222 g/mol. The maximum atomic E-state index is 7.66. The van der Waals surface area contributed by atoms with E-state index in [1.807, 2.05) is 0 Å². The van der Waals surface area contributed by atoms with Crippen molar-refractivity contribution in [2.75, 3.05) is 17.9 Å². The molecular formula is C8H9BrN2. The number of nitrogens with zero attached hydrogens (tertiary/aromatic N) is 2. The van der Waals surface area contributed by atoms with Gasteiger partial charge >= 0.3 is 0 Å². The highest BCUT2D eigenvalue weighted by molar-refractivity contribution is 9.10. The minimum atomic E-state index is -2.77. The Balaban J connectivity index is 2.65. The second-order valence-electron chi connectivity index (χ2n) is 1.80. The lowest BCUT2D eigenvalue weighted by Crippen LogP contribution is -2.37. The molecule has 58 valence electrons. The number of aromatic nitrogens is 1. The van der Waals surface area contributed by atoms with Gasteiger partial charge in [-0.2, -0.15) is 0 Å². The van der Waals surface area contributed by atoms with Gasteiger partial charge in [0.05, 0.1) is 8.58 Å². The lowest BCUT2D eigenvalue weighted by atomic mass is 10.2. The van der Waals surface area contributed by atoms with E-state index in [4.69, 9.17) is 12.3 Å². The van der Waals surface area contributed by atoms with E-state index in [1.165, 1.54) is 0 Å². The van der Waals surface area contributed by atoms with E-state index in [2.05, 4.69) is 20.9 Å². The smallest absolute Gasteiger partial charge is 0.142 e. The minimum Gasteiger partial charge on any atom is -0.356 e. The molecule has 3 heteroatoms. The van der Waals surface area contributed by atoms with Gasteiger partial charge in [-0.3, -0.25) is 0 Å². The molecule has 1 aromatic heterocycles. The highest BCUT2D eigenvalue weighted by Gasteiger charge is 2.17. The Hall–Kier alpha value is -0.570. The monoisotopic (exact) mass is 221 g/mol. The average Bonchev–Trinajstić information content (AvgIpc) is 2.32. The van der Waals surface area contributed by atoms with Crippen molar-refractivity contribution in [3.05, 3.63) is 22.7 Å². The number of rotatable bonds is 1. The van der Waals surface area contributed by atoms with Gasteiger partial charge in [-0.25, -0.2) is 4.98 Å². The molecule has 2 heterocycles. The summed E-state index contributed by atoms with van der Waals surface area (Å²) >= 11 is 2.93. The fourth-order valence-corrected chi connectivity index (χ4v) is 1.000. The molecule has 2 rings (SSSR count). The largest absolute Gasteiger partial charge is 0.356 e. The highest BCUT2D eigenvalue weighted by Crippen LogP contribution is 2.26. The number of anilines is 1. The number of hydrogen-bond acceptors (Lipinski definition) is 2. The summed E-state index contributed by atoms with van der Waals surface area (Å²) in [5.41, 5.74) is 0. The Morgan fingerprint density at radius 3 is 3.36 bits per heavy atom. The maximum Gasteiger partial charge on any atom is 0.142 e. The molecule has 0 aliphatic carbocycles. The molecule has 0 N–H and O–H groups in total. The molecule has 1 saturated heterocycles. The zero-order chi connectivity index (χ0) is 15.7. The molecule has 0 radical (unpaired) electrons. The first-order valence-corrected chi connectivity index (χ1v) is 3.60. The Morgan fingerprint density at radius 1 is 1.73 bits per heavy atom. The molecular weight excluding hydrogens is 204 g/mol. The van der Waals surface area contributed by atoms with Gasteiger partial charge < -0.3 is 4.90 Å². The number of hydrogen-bond donors (Lipinski definition) is 0. The first-order valence-electron chi connectivity index (χ1n) is 7.31. The molecule has 0 spiro atoms. The Labute approximate surface area is 87.0 Å². The van der Waals surface area contributed by atoms with E-state index >= 15 is 0 Å². The van der Waals surface area contributed by atoms with Crippen LogP contribution < -0.4 is 4.90 Å². The van der Waals surface area contributed by atoms with Crippen molar-refractivity contribution in [1.29, 1.82) is 0 Å². The molecule has 0 aromatic carbocycles. The number of halogens is 1. The Kier molecular flexibility index (Phi) is 0.569. The normalized spacial score (nSPS) is 41.9. The predicted octanol–water partition coefficient (Wildman–Crippen LogP) is 2.05. The summed E-state index contributed by atoms with van der Waals surface area (Å²) < 4.78 is 67.9. The summed E-state index contributed by atoms with van der Waals surface area (Å²) in [5, 5.41) is 0. The second-order valence-corrected chi connectivity index (χ2v) is 2.59. The summed E-state index contributed by atoms with van der Waals surface area (Å²) in [4.78, 5) is 4.05. The van der Waals surface area contributed by atoms with Crippen molar-refractivity contribution in [2.45, 2.75) is 6.37 Å². The van der Waals surface area contributed by atoms with Crippen LogP contribution in [0.2, 0.25) is 0 Å². The molecule has 0 bridgehead atoms. The third kappa shape index (κ3) is 1.25. The molecule has 1 aliphatic rings. The zero-order valence-electron chi connectivity index (χ0n) is 14.3. The first kappa shape index (κ1) is 2.22. The van der Waals surface area contributed by atoms with Gasteiger partial charge in [-0.1, -0.05) is 0 Å². The van der Waals surface area contributed by atoms with Gasteiger partial charge in [0.1, 0.15) is 5.82 Å². The van der Waals surface area contributed by atoms with Crippen molar-refractivity contribution >= 4 is 21.7 Å². The number of pyridine rings is 1. The molecule has 11 heavy (non-hydrogen) atoms. The fraction of sp³-hybridized carbons (Fsp3) is 0.375. The van der Waals surface area contributed by atoms with Gasteiger partial charge in [-0.15, -0.1) is 0 Å². The van der Waals surface area contributed by atoms with Crippen molar-refractivity contribution in [1.82, 2.24) is 4.98 Å². The van der Waals surface area contributed by atoms with Crippen LogP contribution in [0.3, 0.4) is 0 Å². The van der Waals surface area contributed by atoms with E-state index in [1.54, 1.807) is 0 Å². The van der Waals surface area contributed by atoms with Gasteiger partial charge in [-0.05, 0) is 34.4 Å². The summed E-state index contributed by atoms with van der Waals surface area (Å²) in [5.74, 6) is -0.402. The summed E-state index contributed by atoms with van der Waals surface area (Å²) in [6.07, 6.45) is -3.38. The molecule has 0 atom stereocenters. The second kappa shape index (κ2) is 2.81. The van der Waals surface area contributed by atoms with Crippen LogP contribution in [0, 0.1) is 0 Å². The van der Waals surface area contributed by atoms with E-state index in [0.717, 1.165) is 0 Å². The summed E-state index contributed by atoms with van der Waals surface area (Å²) in [6.45, 7) is -5.37. The summed E-state index contributed by atoms with van der Waals surface area (Å²) in [7, 11) is 0. The standard InChI is InChI=1S/C8H9BrN2/c9-7-3-1-4-10-8(7)11-5-2-6-11/h1,3-4H,2,5-6H2/i1D,2D2,3D,4D,5D2,6D2. The fourth-order valence-electron chi connectivity index (χ4n) is 0.635. The topological polar surface area (TPSA) is 16.1 Å². The van der Waals surface area contributed by atoms with Crippen molar-refractivity contribution in [2.24, 2.45) is 0 Å². The highest BCUT2D eigenvalue weighted by atomic mass is 79.9. The molecule has 1 aromatic rings. The molecule has 0 saturated carbocycles. The van der Waals surface area contributed by atoms with Crippen LogP contribution in [0.15, 0.2) is 22.7 Å². The Bertz CT molecular complexity index is 570. The van der Waals surface area contributed by atoms with Crippen LogP contribution in [-0.2, 0) is 0 Å². The van der Waals surface area contributed by atoms with Crippen molar-refractivity contribution in [3.8, 4) is 0 Å². The van der Waals surface area contributed by atoms with Crippen LogP contribution in [0.4, 0.5) is 5.82 Å². The SMILES string of the molecule is [2H]c1nc(N2C([2H])([2H])C([2H])([2H])C2([2H])[2H])c(Br)c([2H])c1[2H]. The van der Waals surface area contributed by atoms with Crippen molar-refractivity contribution < 1.29 is 12.3 Å². The third-order valence-electron chi connectivity index (χ3n) is 1.13. The van der Waals surface area contributed by atoms with Gasteiger partial charge in [0.15, 0.2) is 0 Å². The van der Waals surface area contributed by atoms with E-state index in [9.17, 15) is 0 Å². The predicted molar refractivity (Wildman–Crippen MR) is 48.8 cm³/mol. The molecule has 0 unspecified atom stereocenters. The lowest BCUT2D eigenvalue weighted by molar-refractivity contribution is 0.608. The third-order valence-corrected chi connectivity index (χ3v) is 1.69. The van der Waals surface area contributed by atoms with E-state index in [-0.39, 0.29) is 4.47 Å². The minimum absolute atomic E-state index is 0.151. The van der Waals surface area contributed by atoms with Gasteiger partial charge in [0, 0.05) is 27.4 Å². The van der Waals surface area contributed by atoms with Gasteiger partial charge in [0.2, 0.25) is 0 Å². The first-order chi connectivity index (χ1) is 8.87. The van der Waals surface area contributed by atoms with E-state index in [0.29, 0.717) is 4.90 Å². The molecule has 0 amide bonds. The Morgan fingerprint density at radius 2 is 2.55 bits per heavy atom. The van der Waals surface area contributed by atoms with Crippen LogP contribution in [0.1, 0.15) is 18.7 Å². The van der Waals surface area contributed by atoms with Crippen LogP contribution in [0.5, 0.6) is 0 Å². The van der Waals surface area contributed by atoms with Crippen LogP contribution in [0.25, 0.3) is 0 Å². The van der Waals surface area contributed by atoms with E-state index < -0.39 is 43.4 Å². The summed E-state index contributed by atoms with van der Waals surface area (Å²) in [6, 6.07) is -0.913. The van der Waals surface area contributed by atoms with Crippen LogP contribution in [-0.4, -0.2) is 18.0 Å². The van der Waals surface area contributed by atoms with Crippen LogP contribution >= 0.6 is 15.9 Å². The molecule has 1 aliphatic heterocycles. The van der Waals surface area contributed by atoms with Gasteiger partial charge in [0.25, 0.3) is 0 Å².